The number of methoxy groups -OCH3 is 1. The Morgan fingerprint density at radius 3 is 2.06 bits per heavy atom. The molecule has 1 heterocycles. The van der Waals surface area contributed by atoms with Gasteiger partial charge in [-0.3, -0.25) is 11.5 Å². The van der Waals surface area contributed by atoms with E-state index in [0.29, 0.717) is 0 Å². The van der Waals surface area contributed by atoms with Crippen LogP contribution < -0.4 is 0 Å². The lowest BCUT2D eigenvalue weighted by molar-refractivity contribution is -0.934. The predicted molar refractivity (Wildman–Crippen MR) is 65.8 cm³/mol. The van der Waals surface area contributed by atoms with Crippen LogP contribution in [0.15, 0.2) is 0 Å². The van der Waals surface area contributed by atoms with E-state index in [-0.39, 0.29) is 0 Å². The number of hydrogen-bond donors (Lipinski definition) is 0. The number of nitrogens with zero attached hydrogens (tertiary/aromatic N) is 1. The molecule has 0 aromatic carbocycles. The van der Waals surface area contributed by atoms with Crippen molar-refractivity contribution in [2.24, 2.45) is 0 Å². The van der Waals surface area contributed by atoms with E-state index < -0.39 is 6.39 Å². The quantitative estimate of drug-likeness (QED) is 0.550. The van der Waals surface area contributed by atoms with Gasteiger partial charge in [0, 0.05) is 20.0 Å². The molecule has 1 aliphatic heterocycles. The van der Waals surface area contributed by atoms with Crippen LogP contribution in [0.3, 0.4) is 0 Å². The number of unbranched alkanes of at least 4 members (excludes halogenated alkanes) is 1. The van der Waals surface area contributed by atoms with Crippen molar-refractivity contribution in [2.75, 3.05) is 33.5 Å². The third kappa shape index (κ3) is 9.74. The molecule has 17 heavy (non-hydrogen) atoms. The van der Waals surface area contributed by atoms with Gasteiger partial charge in [-0.1, -0.05) is 13.3 Å². The molecule has 7 heteroatoms. The molecule has 0 aromatic heterocycles. The highest BCUT2D eigenvalue weighted by Crippen LogP contribution is 2.20. The highest BCUT2D eigenvalue weighted by molar-refractivity contribution is 7.08. The van der Waals surface area contributed by atoms with Gasteiger partial charge >= 0.3 is 6.39 Å². The Hall–Kier alpha value is 0.0649. The van der Waals surface area contributed by atoms with Crippen LogP contribution in [0.4, 0.5) is 12.9 Å². The van der Waals surface area contributed by atoms with E-state index in [1.165, 1.54) is 49.8 Å². The summed E-state index contributed by atoms with van der Waals surface area (Å²) in [7, 11) is 1.82. The zero-order valence-electron chi connectivity index (χ0n) is 10.6. The van der Waals surface area contributed by atoms with E-state index in [9.17, 15) is 12.9 Å². The highest BCUT2D eigenvalue weighted by atomic mass is 35.5. The monoisotopic (exact) mass is 275 g/mol. The van der Waals surface area contributed by atoms with Crippen molar-refractivity contribution in [1.82, 2.24) is 0 Å². The van der Waals surface area contributed by atoms with Crippen LogP contribution >= 0.6 is 11.5 Å². The molecule has 0 spiro atoms. The van der Waals surface area contributed by atoms with E-state index in [1.54, 1.807) is 0 Å². The van der Waals surface area contributed by atoms with Gasteiger partial charge in [0.05, 0.1) is 19.6 Å². The SMILES string of the molecule is CCCC[N+]1(COC)CCCC1.F[B-](F)(F)Cl. The zero-order chi connectivity index (χ0) is 13.4. The minimum absolute atomic E-state index is 0.931. The molecule has 1 saturated heterocycles. The summed E-state index contributed by atoms with van der Waals surface area (Å²) in [5.74, 6) is 0. The Bertz CT molecular complexity index is 192. The van der Waals surface area contributed by atoms with Crippen molar-refractivity contribution >= 4 is 17.9 Å². The topological polar surface area (TPSA) is 9.23 Å². The molecule has 0 unspecified atom stereocenters. The van der Waals surface area contributed by atoms with Gasteiger partial charge in [-0.15, -0.1) is 0 Å². The molecule has 1 aliphatic rings. The van der Waals surface area contributed by atoms with Crippen LogP contribution in [-0.2, 0) is 4.74 Å². The number of likely N-dealkylation sites (tertiary alicyclic amines) is 1. The number of quaternary nitrogens is 1. The first-order valence-electron chi connectivity index (χ1n) is 6.04. The molecule has 0 N–H and O–H groups in total. The normalized spacial score (nSPS) is 18.7. The minimum Gasteiger partial charge on any atom is -0.435 e. The van der Waals surface area contributed by atoms with E-state index in [2.05, 4.69) is 18.4 Å². The molecule has 0 amide bonds. The first-order valence-corrected chi connectivity index (χ1v) is 6.48. The van der Waals surface area contributed by atoms with Gasteiger partial charge in [0.25, 0.3) is 0 Å². The van der Waals surface area contributed by atoms with Crippen molar-refractivity contribution in [3.8, 4) is 0 Å². The van der Waals surface area contributed by atoms with Gasteiger partial charge in [-0.05, 0) is 6.42 Å². The van der Waals surface area contributed by atoms with Crippen molar-refractivity contribution in [2.45, 2.75) is 32.6 Å². The Balaban J connectivity index is 0.000000437. The Labute approximate surface area is 107 Å². The van der Waals surface area contributed by atoms with Crippen LogP contribution in [-0.4, -0.2) is 44.4 Å². The summed E-state index contributed by atoms with van der Waals surface area (Å²) in [4.78, 5) is 0. The largest absolute Gasteiger partial charge is 0.576 e. The Morgan fingerprint density at radius 2 is 1.71 bits per heavy atom. The summed E-state index contributed by atoms with van der Waals surface area (Å²) in [6.07, 6.45) is 0.424. The maximum absolute atomic E-state index is 10.2. The molecule has 104 valence electrons. The lowest BCUT2D eigenvalue weighted by Crippen LogP contribution is -2.47. The third-order valence-electron chi connectivity index (χ3n) is 2.90. The maximum Gasteiger partial charge on any atom is 0.576 e. The summed E-state index contributed by atoms with van der Waals surface area (Å²) >= 11 is 3.59. The molecule has 0 aromatic rings. The maximum atomic E-state index is 10.2. The van der Waals surface area contributed by atoms with Gasteiger partial charge in [0.15, 0.2) is 6.73 Å². The second kappa shape index (κ2) is 8.22. The molecule has 2 nitrogen and oxygen atoms in total. The van der Waals surface area contributed by atoms with Crippen molar-refractivity contribution in [3.05, 3.63) is 0 Å². The number of hydrogen-bond acceptors (Lipinski definition) is 1. The Kier molecular flexibility index (Phi) is 8.25. The number of rotatable bonds is 5. The number of ether oxygens (including phenoxy) is 1. The fourth-order valence-electron chi connectivity index (χ4n) is 2.19. The minimum atomic E-state index is -5.03. The third-order valence-corrected chi connectivity index (χ3v) is 2.90. The summed E-state index contributed by atoms with van der Waals surface area (Å²) in [6.45, 7) is 7.20. The lowest BCUT2D eigenvalue weighted by Gasteiger charge is -2.33. The van der Waals surface area contributed by atoms with Crippen LogP contribution in [0.2, 0.25) is 0 Å². The molecule has 0 radical (unpaired) electrons. The average molecular weight is 276 g/mol. The molecule has 0 saturated carbocycles. The van der Waals surface area contributed by atoms with Gasteiger partial charge in [-0.25, -0.2) is 0 Å². The van der Waals surface area contributed by atoms with E-state index in [1.807, 2.05) is 7.11 Å². The average Bonchev–Trinajstić information content (AvgIpc) is 2.62. The molecule has 1 fully saturated rings. The smallest absolute Gasteiger partial charge is 0.435 e. The van der Waals surface area contributed by atoms with Crippen LogP contribution in [0.25, 0.3) is 0 Å². The van der Waals surface area contributed by atoms with Crippen molar-refractivity contribution in [3.63, 3.8) is 0 Å². The fraction of sp³-hybridized carbons (Fsp3) is 1.00. The van der Waals surface area contributed by atoms with Crippen molar-refractivity contribution < 1.29 is 22.2 Å². The number of halogens is 4. The molecule has 0 bridgehead atoms. The van der Waals surface area contributed by atoms with Crippen LogP contribution in [0.5, 0.6) is 0 Å². The lowest BCUT2D eigenvalue weighted by atomic mass is 10.3. The van der Waals surface area contributed by atoms with Crippen LogP contribution in [0, 0.1) is 0 Å². The van der Waals surface area contributed by atoms with Crippen LogP contribution in [0.1, 0.15) is 32.6 Å². The van der Waals surface area contributed by atoms with Gasteiger partial charge in [-0.2, -0.15) is 0 Å². The van der Waals surface area contributed by atoms with E-state index >= 15 is 0 Å². The molecular formula is C10H22BClF3NO. The van der Waals surface area contributed by atoms with E-state index in [4.69, 9.17) is 4.74 Å². The summed E-state index contributed by atoms with van der Waals surface area (Å²) < 4.78 is 37.1. The second-order valence-corrected chi connectivity index (χ2v) is 4.98. The Morgan fingerprint density at radius 1 is 1.24 bits per heavy atom. The summed E-state index contributed by atoms with van der Waals surface area (Å²) in [5.41, 5.74) is 0. The summed E-state index contributed by atoms with van der Waals surface area (Å²) in [5, 5.41) is 0. The van der Waals surface area contributed by atoms with Gasteiger partial charge in [0.2, 0.25) is 0 Å². The molecule has 0 aliphatic carbocycles. The highest BCUT2D eigenvalue weighted by Gasteiger charge is 2.30. The molecule has 0 atom stereocenters. The predicted octanol–water partition coefficient (Wildman–Crippen LogP) is 3.57. The second-order valence-electron chi connectivity index (χ2n) is 4.49. The molecule has 1 rings (SSSR count). The van der Waals surface area contributed by atoms with E-state index in [0.717, 1.165) is 6.73 Å². The fourth-order valence-corrected chi connectivity index (χ4v) is 2.19. The van der Waals surface area contributed by atoms with Gasteiger partial charge < -0.3 is 22.2 Å². The standard InChI is InChI=1S/C10H22NO.BClF3/c1-3-4-7-11(10-12-2)8-5-6-9-11;2-1(3,4)5/h3-10H2,1-2H3;/q+1;-1. The van der Waals surface area contributed by atoms with Gasteiger partial charge in [0.1, 0.15) is 0 Å². The first-order chi connectivity index (χ1) is 7.83. The molecular weight excluding hydrogens is 253 g/mol. The zero-order valence-corrected chi connectivity index (χ0v) is 11.4. The van der Waals surface area contributed by atoms with Crippen molar-refractivity contribution in [1.29, 1.82) is 0 Å². The summed E-state index contributed by atoms with van der Waals surface area (Å²) in [6, 6.07) is 0. The first kappa shape index (κ1) is 17.1.